The fourth-order valence-corrected chi connectivity index (χ4v) is 15.4. The van der Waals surface area contributed by atoms with Gasteiger partial charge >= 0.3 is 0 Å². The van der Waals surface area contributed by atoms with Gasteiger partial charge in [-0.25, -0.2) is 0 Å². The van der Waals surface area contributed by atoms with E-state index in [4.69, 9.17) is 4.12 Å². The Kier molecular flexibility index (Phi) is 3.07. The van der Waals surface area contributed by atoms with Crippen LogP contribution in [0.25, 0.3) is 11.3 Å². The average molecular weight is 361 g/mol. The lowest BCUT2D eigenvalue weighted by Gasteiger charge is -2.37. The molecule has 2 aromatic carbocycles. The summed E-state index contributed by atoms with van der Waals surface area (Å²) in [5.74, 6) is 0. The van der Waals surface area contributed by atoms with Crippen LogP contribution in [0.4, 0.5) is 0 Å². The Labute approximate surface area is 152 Å². The van der Waals surface area contributed by atoms with E-state index in [0.717, 1.165) is 6.42 Å². The van der Waals surface area contributed by atoms with Gasteiger partial charge in [-0.1, -0.05) is 54.6 Å². The van der Waals surface area contributed by atoms with Crippen molar-refractivity contribution < 1.29 is 4.12 Å². The minimum Gasteiger partial charge on any atom is -0.451 e. The Morgan fingerprint density at radius 3 is 2.48 bits per heavy atom. The minimum absolute atomic E-state index is 0.470. The first-order chi connectivity index (χ1) is 11.9. The molecule has 2 aromatic rings. The first kappa shape index (κ1) is 15.6. The highest BCUT2D eigenvalue weighted by Gasteiger charge is 2.51. The minimum atomic E-state index is -1.94. The molecule has 1 heterocycles. The van der Waals surface area contributed by atoms with Crippen molar-refractivity contribution in [2.75, 3.05) is 0 Å². The molecular formula is C22H24OSi2. The van der Waals surface area contributed by atoms with Gasteiger partial charge in [-0.3, -0.25) is 0 Å². The number of allylic oxidation sites excluding steroid dienone is 2. The molecule has 126 valence electrons. The van der Waals surface area contributed by atoms with Crippen LogP contribution >= 0.6 is 0 Å². The molecule has 0 saturated carbocycles. The molecule has 0 spiro atoms. The Hall–Kier alpha value is -1.69. The Morgan fingerprint density at radius 2 is 1.64 bits per heavy atom. The summed E-state index contributed by atoms with van der Waals surface area (Å²) < 4.78 is 7.11. The van der Waals surface area contributed by atoms with Gasteiger partial charge in [-0.15, -0.1) is 0 Å². The summed E-state index contributed by atoms with van der Waals surface area (Å²) in [5, 5.41) is 1.56. The van der Waals surface area contributed by atoms with E-state index in [1.54, 1.807) is 16.3 Å². The standard InChI is InChI=1S/C22H24OSi2/c1-24(2)21-17-11-7-5-9-15(17)13-19(21)20-14-16-10-6-8-12-18(16)22(20)25(3,4)23-24/h5-13,21H,14H2,1-4H3. The Balaban J connectivity index is 1.80. The zero-order valence-electron chi connectivity index (χ0n) is 15.4. The average Bonchev–Trinajstić information content (AvgIpc) is 3.11. The third-order valence-electron chi connectivity index (χ3n) is 6.05. The third-order valence-corrected chi connectivity index (χ3v) is 14.0. The molecule has 0 amide bonds. The van der Waals surface area contributed by atoms with E-state index in [0.29, 0.717) is 5.54 Å². The van der Waals surface area contributed by atoms with Crippen LogP contribution in [0.3, 0.4) is 0 Å². The zero-order valence-corrected chi connectivity index (χ0v) is 17.4. The van der Waals surface area contributed by atoms with E-state index >= 15 is 0 Å². The molecule has 0 bridgehead atoms. The van der Waals surface area contributed by atoms with Gasteiger partial charge in [0.05, 0.1) is 0 Å². The van der Waals surface area contributed by atoms with Gasteiger partial charge < -0.3 is 4.12 Å². The molecule has 1 aliphatic heterocycles. The van der Waals surface area contributed by atoms with E-state index in [9.17, 15) is 0 Å². The highest BCUT2D eigenvalue weighted by molar-refractivity contribution is 6.97. The van der Waals surface area contributed by atoms with Crippen LogP contribution in [0.5, 0.6) is 0 Å². The summed E-state index contributed by atoms with van der Waals surface area (Å²) in [4.78, 5) is 0. The third kappa shape index (κ3) is 2.09. The van der Waals surface area contributed by atoms with E-state index in [2.05, 4.69) is 80.8 Å². The van der Waals surface area contributed by atoms with E-state index in [1.807, 2.05) is 0 Å². The number of fused-ring (bicyclic) bond motifs is 6. The Bertz CT molecular complexity index is 965. The van der Waals surface area contributed by atoms with Gasteiger partial charge in [-0.2, -0.15) is 0 Å². The van der Waals surface area contributed by atoms with Gasteiger partial charge in [0.15, 0.2) is 8.32 Å². The van der Waals surface area contributed by atoms with Crippen molar-refractivity contribution in [1.29, 1.82) is 0 Å². The van der Waals surface area contributed by atoms with Gasteiger partial charge in [0, 0.05) is 5.54 Å². The van der Waals surface area contributed by atoms with Crippen molar-refractivity contribution in [2.45, 2.75) is 38.2 Å². The monoisotopic (exact) mass is 360 g/mol. The normalized spacial score (nSPS) is 24.8. The summed E-state index contributed by atoms with van der Waals surface area (Å²) in [5.41, 5.74) is 9.43. The molecule has 1 nitrogen and oxygen atoms in total. The largest absolute Gasteiger partial charge is 0.451 e. The van der Waals surface area contributed by atoms with Crippen molar-refractivity contribution in [2.24, 2.45) is 0 Å². The fraction of sp³-hybridized carbons (Fsp3) is 0.273. The van der Waals surface area contributed by atoms with Gasteiger partial charge in [0.2, 0.25) is 8.32 Å². The number of hydrogen-bond donors (Lipinski definition) is 0. The first-order valence-electron chi connectivity index (χ1n) is 9.21. The summed E-state index contributed by atoms with van der Waals surface area (Å²) in [6.45, 7) is 9.67. The van der Waals surface area contributed by atoms with Crippen molar-refractivity contribution in [3.63, 3.8) is 0 Å². The number of hydrogen-bond acceptors (Lipinski definition) is 1. The molecule has 3 heteroatoms. The molecule has 3 aliphatic rings. The highest BCUT2D eigenvalue weighted by Crippen LogP contribution is 2.55. The lowest BCUT2D eigenvalue weighted by atomic mass is 10.0. The smallest absolute Gasteiger partial charge is 0.206 e. The molecule has 0 fully saturated rings. The van der Waals surface area contributed by atoms with Crippen molar-refractivity contribution in [3.05, 3.63) is 81.9 Å². The second-order valence-corrected chi connectivity index (χ2v) is 16.7. The zero-order chi connectivity index (χ0) is 17.4. The van der Waals surface area contributed by atoms with E-state index < -0.39 is 16.6 Å². The fourth-order valence-electron chi connectivity index (χ4n) is 5.40. The molecule has 2 aliphatic carbocycles. The predicted octanol–water partition coefficient (Wildman–Crippen LogP) is 5.70. The molecule has 5 rings (SSSR count). The van der Waals surface area contributed by atoms with Crippen molar-refractivity contribution in [1.82, 2.24) is 0 Å². The van der Waals surface area contributed by atoms with Gasteiger partial charge in [0.1, 0.15) is 0 Å². The SMILES string of the molecule is C[Si]1(C)O[Si](C)(C)C2C(=Cc3ccccc32)C2=C1c1ccccc1C2. The van der Waals surface area contributed by atoms with Crippen molar-refractivity contribution in [3.8, 4) is 0 Å². The molecule has 0 radical (unpaired) electrons. The second kappa shape index (κ2) is 4.94. The predicted molar refractivity (Wildman–Crippen MR) is 110 cm³/mol. The molecule has 0 aromatic heterocycles. The van der Waals surface area contributed by atoms with Crippen LogP contribution in [-0.2, 0) is 10.5 Å². The summed E-state index contributed by atoms with van der Waals surface area (Å²) >= 11 is 0. The summed E-state index contributed by atoms with van der Waals surface area (Å²) in [6, 6.07) is 17.9. The maximum atomic E-state index is 7.11. The van der Waals surface area contributed by atoms with Crippen molar-refractivity contribution >= 4 is 27.9 Å². The van der Waals surface area contributed by atoms with Gasteiger partial charge in [0.25, 0.3) is 0 Å². The lowest BCUT2D eigenvalue weighted by Crippen LogP contribution is -2.47. The second-order valence-electron chi connectivity index (χ2n) is 8.56. The first-order valence-corrected chi connectivity index (χ1v) is 15.1. The van der Waals surface area contributed by atoms with Crippen LogP contribution in [0.2, 0.25) is 26.2 Å². The maximum absolute atomic E-state index is 7.11. The Morgan fingerprint density at radius 1 is 0.920 bits per heavy atom. The number of rotatable bonds is 0. The van der Waals surface area contributed by atoms with Crippen LogP contribution < -0.4 is 0 Å². The summed E-state index contributed by atoms with van der Waals surface area (Å²) in [7, 11) is -3.84. The molecular weight excluding hydrogens is 336 g/mol. The van der Waals surface area contributed by atoms with Crippen LogP contribution in [0.15, 0.2) is 59.7 Å². The van der Waals surface area contributed by atoms with Crippen LogP contribution in [0, 0.1) is 0 Å². The van der Waals surface area contributed by atoms with E-state index in [1.165, 1.54) is 22.3 Å². The van der Waals surface area contributed by atoms with Crippen LogP contribution in [-0.4, -0.2) is 16.6 Å². The number of benzene rings is 2. The molecule has 0 saturated heterocycles. The topological polar surface area (TPSA) is 9.23 Å². The highest BCUT2D eigenvalue weighted by atomic mass is 28.4. The van der Waals surface area contributed by atoms with E-state index in [-0.39, 0.29) is 0 Å². The molecule has 1 unspecified atom stereocenters. The lowest BCUT2D eigenvalue weighted by molar-refractivity contribution is 0.548. The molecule has 0 N–H and O–H groups in total. The molecule has 25 heavy (non-hydrogen) atoms. The van der Waals surface area contributed by atoms with Crippen LogP contribution in [0.1, 0.15) is 27.8 Å². The molecule has 1 atom stereocenters. The quantitative estimate of drug-likeness (QED) is 0.548. The summed E-state index contributed by atoms with van der Waals surface area (Å²) in [6.07, 6.45) is 3.54. The van der Waals surface area contributed by atoms with Gasteiger partial charge in [-0.05, 0) is 71.2 Å². The maximum Gasteiger partial charge on any atom is 0.206 e.